The molecule has 0 bridgehead atoms. The lowest BCUT2D eigenvalue weighted by Gasteiger charge is -2.15. The average molecular weight is 375 g/mol. The van der Waals surface area contributed by atoms with Gasteiger partial charge in [0.15, 0.2) is 6.10 Å². The van der Waals surface area contributed by atoms with Crippen molar-refractivity contribution in [1.82, 2.24) is 4.57 Å². The first kappa shape index (κ1) is 19.6. The predicted octanol–water partition coefficient (Wildman–Crippen LogP) is 1.34. The Balaban J connectivity index is 2.04. The summed E-state index contributed by atoms with van der Waals surface area (Å²) >= 11 is 0. The van der Waals surface area contributed by atoms with Gasteiger partial charge in [0, 0.05) is 24.4 Å². The molecule has 10 heteroatoms. The molecule has 1 aromatic carbocycles. The number of rotatable bonds is 7. The van der Waals surface area contributed by atoms with Crippen molar-refractivity contribution < 1.29 is 24.0 Å². The zero-order valence-electron chi connectivity index (χ0n) is 14.6. The van der Waals surface area contributed by atoms with E-state index in [9.17, 15) is 24.5 Å². The standard InChI is InChI=1S/C17H17N3O7/c1-11(27-16(22)10-19-8-4-3-5-15(19)21)17(23)18-13-9-12(20(24)25)6-7-14(13)26-2/h3-9,11H,10H2,1-2H3,(H,18,23)/t11-/m1/s1. The number of amides is 1. The smallest absolute Gasteiger partial charge is 0.326 e. The number of non-ortho nitro benzene ring substituents is 1. The number of carbonyl (C=O) groups is 2. The Morgan fingerprint density at radius 2 is 2.04 bits per heavy atom. The Morgan fingerprint density at radius 1 is 1.30 bits per heavy atom. The number of hydrogen-bond acceptors (Lipinski definition) is 7. The molecule has 0 unspecified atom stereocenters. The molecule has 27 heavy (non-hydrogen) atoms. The highest BCUT2D eigenvalue weighted by molar-refractivity contribution is 5.96. The SMILES string of the molecule is COc1ccc([N+](=O)[O-])cc1NC(=O)[C@@H](C)OC(=O)Cn1ccccc1=O. The first-order chi connectivity index (χ1) is 12.8. The maximum atomic E-state index is 12.2. The molecule has 142 valence electrons. The van der Waals surface area contributed by atoms with Gasteiger partial charge in [-0.05, 0) is 19.1 Å². The second-order valence-corrected chi connectivity index (χ2v) is 5.43. The summed E-state index contributed by atoms with van der Waals surface area (Å²) in [5, 5.41) is 13.3. The Morgan fingerprint density at radius 3 is 2.67 bits per heavy atom. The van der Waals surface area contributed by atoms with Gasteiger partial charge in [-0.1, -0.05) is 6.07 Å². The van der Waals surface area contributed by atoms with E-state index in [2.05, 4.69) is 5.32 Å². The summed E-state index contributed by atoms with van der Waals surface area (Å²) in [5.74, 6) is -1.28. The molecular weight excluding hydrogens is 358 g/mol. The lowest BCUT2D eigenvalue weighted by atomic mass is 10.2. The van der Waals surface area contributed by atoms with Crippen LogP contribution in [0.1, 0.15) is 6.92 Å². The van der Waals surface area contributed by atoms with Gasteiger partial charge in [-0.15, -0.1) is 0 Å². The first-order valence-electron chi connectivity index (χ1n) is 7.80. The van der Waals surface area contributed by atoms with Crippen LogP contribution in [0.25, 0.3) is 0 Å². The third kappa shape index (κ3) is 5.14. The first-order valence-corrected chi connectivity index (χ1v) is 7.80. The number of anilines is 1. The molecule has 0 radical (unpaired) electrons. The topological polar surface area (TPSA) is 130 Å². The molecular formula is C17H17N3O7. The highest BCUT2D eigenvalue weighted by Gasteiger charge is 2.21. The monoisotopic (exact) mass is 375 g/mol. The fourth-order valence-corrected chi connectivity index (χ4v) is 2.16. The van der Waals surface area contributed by atoms with Crippen LogP contribution in [0, 0.1) is 10.1 Å². The molecule has 1 atom stereocenters. The molecule has 0 saturated heterocycles. The molecule has 1 N–H and O–H groups in total. The van der Waals surface area contributed by atoms with Gasteiger partial charge in [-0.3, -0.25) is 24.5 Å². The van der Waals surface area contributed by atoms with Gasteiger partial charge in [-0.25, -0.2) is 0 Å². The number of nitrogens with one attached hydrogen (secondary N) is 1. The van der Waals surface area contributed by atoms with Crippen molar-refractivity contribution in [2.45, 2.75) is 19.6 Å². The van der Waals surface area contributed by atoms with Crippen molar-refractivity contribution in [2.24, 2.45) is 0 Å². The fourth-order valence-electron chi connectivity index (χ4n) is 2.16. The van der Waals surface area contributed by atoms with Gasteiger partial charge in [0.1, 0.15) is 12.3 Å². The molecule has 0 aliphatic carbocycles. The van der Waals surface area contributed by atoms with Crippen LogP contribution in [0.2, 0.25) is 0 Å². The normalized spacial score (nSPS) is 11.3. The van der Waals surface area contributed by atoms with Crippen molar-refractivity contribution in [2.75, 3.05) is 12.4 Å². The van der Waals surface area contributed by atoms with Crippen LogP contribution < -0.4 is 15.6 Å². The van der Waals surface area contributed by atoms with Gasteiger partial charge in [0.2, 0.25) is 0 Å². The minimum atomic E-state index is -1.19. The van der Waals surface area contributed by atoms with E-state index < -0.39 is 22.9 Å². The van der Waals surface area contributed by atoms with Gasteiger partial charge < -0.3 is 19.4 Å². The summed E-state index contributed by atoms with van der Waals surface area (Å²) in [7, 11) is 1.35. The number of nitro groups is 1. The Hall–Kier alpha value is -3.69. The molecule has 2 rings (SSSR count). The van der Waals surface area contributed by atoms with Gasteiger partial charge >= 0.3 is 5.97 Å². The summed E-state index contributed by atoms with van der Waals surface area (Å²) in [4.78, 5) is 46.0. The van der Waals surface area contributed by atoms with E-state index in [4.69, 9.17) is 9.47 Å². The van der Waals surface area contributed by atoms with Gasteiger partial charge in [0.25, 0.3) is 17.2 Å². The maximum absolute atomic E-state index is 12.2. The zero-order valence-corrected chi connectivity index (χ0v) is 14.6. The zero-order chi connectivity index (χ0) is 20.0. The van der Waals surface area contributed by atoms with Crippen LogP contribution in [0.15, 0.2) is 47.4 Å². The second-order valence-electron chi connectivity index (χ2n) is 5.43. The number of carbonyl (C=O) groups excluding carboxylic acids is 2. The molecule has 1 amide bonds. The Labute approximate surface area is 153 Å². The number of pyridine rings is 1. The Kier molecular flexibility index (Phi) is 6.26. The second kappa shape index (κ2) is 8.61. The van der Waals surface area contributed by atoms with Crippen molar-refractivity contribution >= 4 is 23.3 Å². The van der Waals surface area contributed by atoms with E-state index in [-0.39, 0.29) is 29.2 Å². The minimum absolute atomic E-state index is 0.0684. The molecule has 0 fully saturated rings. The highest BCUT2D eigenvalue weighted by Crippen LogP contribution is 2.29. The number of benzene rings is 1. The molecule has 0 aliphatic heterocycles. The highest BCUT2D eigenvalue weighted by atomic mass is 16.6. The van der Waals surface area contributed by atoms with Crippen LogP contribution in [-0.2, 0) is 20.9 Å². The predicted molar refractivity (Wildman–Crippen MR) is 94.5 cm³/mol. The molecule has 10 nitrogen and oxygen atoms in total. The number of hydrogen-bond donors (Lipinski definition) is 1. The van der Waals surface area contributed by atoms with E-state index in [1.54, 1.807) is 6.07 Å². The number of nitrogens with zero attached hydrogens (tertiary/aromatic N) is 2. The van der Waals surface area contributed by atoms with E-state index >= 15 is 0 Å². The third-order valence-electron chi connectivity index (χ3n) is 3.53. The number of nitro benzene ring substituents is 1. The van der Waals surface area contributed by atoms with Crippen LogP contribution in [0.5, 0.6) is 5.75 Å². The van der Waals surface area contributed by atoms with Crippen LogP contribution in [-0.4, -0.2) is 34.6 Å². The largest absolute Gasteiger partial charge is 0.495 e. The number of methoxy groups -OCH3 is 1. The van der Waals surface area contributed by atoms with Crippen LogP contribution in [0.4, 0.5) is 11.4 Å². The van der Waals surface area contributed by atoms with Crippen LogP contribution >= 0.6 is 0 Å². The van der Waals surface area contributed by atoms with Crippen molar-refractivity contribution in [3.05, 3.63) is 63.1 Å². The molecule has 0 saturated carbocycles. The van der Waals surface area contributed by atoms with E-state index in [1.165, 1.54) is 44.5 Å². The molecule has 0 spiro atoms. The maximum Gasteiger partial charge on any atom is 0.326 e. The lowest BCUT2D eigenvalue weighted by molar-refractivity contribution is -0.384. The summed E-state index contributed by atoms with van der Waals surface area (Å²) in [6.07, 6.45) is 0.225. The summed E-state index contributed by atoms with van der Waals surface area (Å²) in [5.41, 5.74) is -0.550. The minimum Gasteiger partial charge on any atom is -0.495 e. The van der Waals surface area contributed by atoms with Gasteiger partial charge in [-0.2, -0.15) is 0 Å². The number of aromatic nitrogens is 1. The van der Waals surface area contributed by atoms with Crippen molar-refractivity contribution in [3.8, 4) is 5.75 Å². The van der Waals surface area contributed by atoms with Crippen molar-refractivity contribution in [3.63, 3.8) is 0 Å². The summed E-state index contributed by atoms with van der Waals surface area (Å²) in [6, 6.07) is 8.11. The average Bonchev–Trinajstić information content (AvgIpc) is 2.63. The molecule has 1 aromatic heterocycles. The molecule has 2 aromatic rings. The van der Waals surface area contributed by atoms with E-state index in [1.807, 2.05) is 0 Å². The van der Waals surface area contributed by atoms with E-state index in [0.29, 0.717) is 0 Å². The quantitative estimate of drug-likeness (QED) is 0.439. The molecule has 0 aliphatic rings. The summed E-state index contributed by atoms with van der Waals surface area (Å²) in [6.45, 7) is 0.988. The number of esters is 1. The Bertz CT molecular complexity index is 923. The lowest BCUT2D eigenvalue weighted by Crippen LogP contribution is -2.32. The van der Waals surface area contributed by atoms with Crippen LogP contribution in [0.3, 0.4) is 0 Å². The van der Waals surface area contributed by atoms with Gasteiger partial charge in [0.05, 0.1) is 17.7 Å². The number of ether oxygens (including phenoxy) is 2. The van der Waals surface area contributed by atoms with Crippen molar-refractivity contribution in [1.29, 1.82) is 0 Å². The third-order valence-corrected chi connectivity index (χ3v) is 3.53. The summed E-state index contributed by atoms with van der Waals surface area (Å²) < 4.78 is 11.2. The molecule has 1 heterocycles. The van der Waals surface area contributed by atoms with E-state index in [0.717, 1.165) is 10.6 Å². The fraction of sp³-hybridized carbons (Fsp3) is 0.235.